The van der Waals surface area contributed by atoms with Gasteiger partial charge in [0.1, 0.15) is 0 Å². The van der Waals surface area contributed by atoms with E-state index >= 15 is 0 Å². The zero-order valence-corrected chi connectivity index (χ0v) is 11.0. The van der Waals surface area contributed by atoms with Crippen molar-refractivity contribution in [2.75, 3.05) is 31.7 Å². The van der Waals surface area contributed by atoms with Crippen LogP contribution in [0.1, 0.15) is 26.2 Å². The van der Waals surface area contributed by atoms with Crippen molar-refractivity contribution in [3.63, 3.8) is 0 Å². The number of anilines is 1. The summed E-state index contributed by atoms with van der Waals surface area (Å²) >= 11 is 0. The molecule has 0 saturated heterocycles. The van der Waals surface area contributed by atoms with Crippen LogP contribution in [0.25, 0.3) is 0 Å². The van der Waals surface area contributed by atoms with Crippen LogP contribution in [-0.2, 0) is 4.74 Å². The second-order valence-corrected chi connectivity index (χ2v) is 4.58. The predicted molar refractivity (Wildman–Crippen MR) is 72.1 cm³/mol. The van der Waals surface area contributed by atoms with Gasteiger partial charge in [0.2, 0.25) is 0 Å². The van der Waals surface area contributed by atoms with Crippen molar-refractivity contribution in [1.29, 1.82) is 0 Å². The molecule has 2 rings (SSSR count). The van der Waals surface area contributed by atoms with E-state index in [2.05, 4.69) is 10.3 Å². The number of nitrogens with one attached hydrogen (secondary N) is 1. The van der Waals surface area contributed by atoms with E-state index in [1.807, 2.05) is 19.1 Å². The Labute approximate surface area is 109 Å². The Kier molecular flexibility index (Phi) is 5.27. The molecule has 1 aromatic rings. The zero-order chi connectivity index (χ0) is 12.6. The Balaban J connectivity index is 1.62. The molecule has 1 saturated carbocycles. The number of nitrogens with zero attached hydrogens (tertiary/aromatic N) is 1. The van der Waals surface area contributed by atoms with Gasteiger partial charge in [-0.3, -0.25) is 0 Å². The van der Waals surface area contributed by atoms with Crippen molar-refractivity contribution < 1.29 is 9.47 Å². The highest BCUT2D eigenvalue weighted by Gasteiger charge is 2.20. The normalized spacial score (nSPS) is 14.5. The van der Waals surface area contributed by atoms with Gasteiger partial charge in [-0.2, -0.15) is 0 Å². The van der Waals surface area contributed by atoms with Crippen LogP contribution in [-0.4, -0.2) is 31.3 Å². The van der Waals surface area contributed by atoms with Crippen LogP contribution in [0.3, 0.4) is 0 Å². The summed E-state index contributed by atoms with van der Waals surface area (Å²) in [6, 6.07) is 3.82. The molecule has 1 aliphatic rings. The van der Waals surface area contributed by atoms with Crippen LogP contribution in [0, 0.1) is 5.92 Å². The first-order valence-electron chi connectivity index (χ1n) is 6.79. The molecule has 1 aromatic heterocycles. The first kappa shape index (κ1) is 13.1. The fourth-order valence-electron chi connectivity index (χ4n) is 1.71. The van der Waals surface area contributed by atoms with Crippen LogP contribution in [0.15, 0.2) is 18.3 Å². The van der Waals surface area contributed by atoms with Crippen molar-refractivity contribution in [1.82, 2.24) is 4.98 Å². The Morgan fingerprint density at radius 2 is 2.33 bits per heavy atom. The predicted octanol–water partition coefficient (Wildman–Crippen LogP) is 2.71. The fourth-order valence-corrected chi connectivity index (χ4v) is 1.71. The summed E-state index contributed by atoms with van der Waals surface area (Å²) in [4.78, 5) is 4.28. The van der Waals surface area contributed by atoms with Gasteiger partial charge in [-0.25, -0.2) is 4.98 Å². The third-order valence-electron chi connectivity index (χ3n) is 2.88. The smallest absolute Gasteiger partial charge is 0.168 e. The summed E-state index contributed by atoms with van der Waals surface area (Å²) in [5.41, 5.74) is 0. The summed E-state index contributed by atoms with van der Waals surface area (Å²) < 4.78 is 11.1. The van der Waals surface area contributed by atoms with Gasteiger partial charge in [0.25, 0.3) is 0 Å². The van der Waals surface area contributed by atoms with Crippen molar-refractivity contribution in [2.24, 2.45) is 5.92 Å². The van der Waals surface area contributed by atoms with Crippen molar-refractivity contribution in [2.45, 2.75) is 26.2 Å². The maximum atomic E-state index is 5.58. The highest BCUT2D eigenvalue weighted by atomic mass is 16.5. The van der Waals surface area contributed by atoms with E-state index in [1.165, 1.54) is 12.8 Å². The molecule has 4 nitrogen and oxygen atoms in total. The van der Waals surface area contributed by atoms with Crippen LogP contribution in [0.4, 0.5) is 5.82 Å². The maximum Gasteiger partial charge on any atom is 0.168 e. The first-order chi connectivity index (χ1) is 8.90. The minimum Gasteiger partial charge on any atom is -0.490 e. The second kappa shape index (κ2) is 7.21. The topological polar surface area (TPSA) is 43.4 Å². The molecule has 0 spiro atoms. The van der Waals surface area contributed by atoms with Crippen LogP contribution in [0.5, 0.6) is 5.75 Å². The number of ether oxygens (including phenoxy) is 2. The van der Waals surface area contributed by atoms with E-state index in [0.29, 0.717) is 6.61 Å². The molecule has 18 heavy (non-hydrogen) atoms. The molecule has 0 aromatic carbocycles. The Morgan fingerprint density at radius 3 is 3.11 bits per heavy atom. The van der Waals surface area contributed by atoms with E-state index in [9.17, 15) is 0 Å². The van der Waals surface area contributed by atoms with Gasteiger partial charge in [-0.05, 0) is 44.2 Å². The molecule has 1 N–H and O–H groups in total. The van der Waals surface area contributed by atoms with Crippen molar-refractivity contribution >= 4 is 5.82 Å². The lowest BCUT2D eigenvalue weighted by Gasteiger charge is -2.10. The average molecular weight is 250 g/mol. The molecule has 1 heterocycles. The molecule has 0 atom stereocenters. The van der Waals surface area contributed by atoms with E-state index in [-0.39, 0.29) is 0 Å². The molecule has 0 amide bonds. The third-order valence-corrected chi connectivity index (χ3v) is 2.88. The van der Waals surface area contributed by atoms with Crippen LogP contribution < -0.4 is 10.1 Å². The van der Waals surface area contributed by atoms with Gasteiger partial charge < -0.3 is 14.8 Å². The van der Waals surface area contributed by atoms with Gasteiger partial charge in [-0.15, -0.1) is 0 Å². The highest BCUT2D eigenvalue weighted by Crippen LogP contribution is 2.28. The highest BCUT2D eigenvalue weighted by molar-refractivity contribution is 5.49. The molecule has 0 radical (unpaired) electrons. The fraction of sp³-hybridized carbons (Fsp3) is 0.643. The Morgan fingerprint density at radius 1 is 1.44 bits per heavy atom. The SMILES string of the molecule is CCOc1cccnc1NCCCOCC1CC1. The molecule has 0 bridgehead atoms. The van der Waals surface area contributed by atoms with Crippen LogP contribution in [0.2, 0.25) is 0 Å². The van der Waals surface area contributed by atoms with Crippen molar-refractivity contribution in [3.05, 3.63) is 18.3 Å². The van der Waals surface area contributed by atoms with Gasteiger partial charge in [0.15, 0.2) is 11.6 Å². The number of hydrogen-bond donors (Lipinski definition) is 1. The number of pyridine rings is 1. The van der Waals surface area contributed by atoms with Gasteiger partial charge >= 0.3 is 0 Å². The number of aromatic nitrogens is 1. The maximum absolute atomic E-state index is 5.58. The molecular formula is C14H22N2O2. The van der Waals surface area contributed by atoms with E-state index < -0.39 is 0 Å². The lowest BCUT2D eigenvalue weighted by Crippen LogP contribution is -2.09. The summed E-state index contributed by atoms with van der Waals surface area (Å²) in [6.45, 7) is 5.25. The van der Waals surface area contributed by atoms with E-state index in [4.69, 9.17) is 9.47 Å². The summed E-state index contributed by atoms with van der Waals surface area (Å²) in [5, 5.41) is 3.29. The van der Waals surface area contributed by atoms with Crippen molar-refractivity contribution in [3.8, 4) is 5.75 Å². The molecular weight excluding hydrogens is 228 g/mol. The lowest BCUT2D eigenvalue weighted by molar-refractivity contribution is 0.124. The van der Waals surface area contributed by atoms with E-state index in [1.54, 1.807) is 6.20 Å². The number of hydrogen-bond acceptors (Lipinski definition) is 4. The van der Waals surface area contributed by atoms with E-state index in [0.717, 1.165) is 43.7 Å². The number of rotatable bonds is 9. The quantitative estimate of drug-likeness (QED) is 0.684. The summed E-state index contributed by atoms with van der Waals surface area (Å²) in [7, 11) is 0. The molecule has 1 aliphatic carbocycles. The monoisotopic (exact) mass is 250 g/mol. The third kappa shape index (κ3) is 4.53. The van der Waals surface area contributed by atoms with Gasteiger partial charge in [-0.1, -0.05) is 0 Å². The second-order valence-electron chi connectivity index (χ2n) is 4.58. The Hall–Kier alpha value is -1.29. The summed E-state index contributed by atoms with van der Waals surface area (Å²) in [6.07, 6.45) is 5.47. The largest absolute Gasteiger partial charge is 0.490 e. The Bertz CT molecular complexity index is 353. The molecule has 4 heteroatoms. The minimum absolute atomic E-state index is 0.658. The zero-order valence-electron chi connectivity index (χ0n) is 11.0. The minimum atomic E-state index is 0.658. The first-order valence-corrected chi connectivity index (χ1v) is 6.79. The standard InChI is InChI=1S/C14H22N2O2/c1-2-18-13-5-3-8-15-14(13)16-9-4-10-17-11-12-6-7-12/h3,5,8,12H,2,4,6-7,9-11H2,1H3,(H,15,16). The summed E-state index contributed by atoms with van der Waals surface area (Å²) in [5.74, 6) is 2.48. The molecule has 1 fully saturated rings. The van der Waals surface area contributed by atoms with Gasteiger partial charge in [0, 0.05) is 26.0 Å². The molecule has 0 aliphatic heterocycles. The average Bonchev–Trinajstić information content (AvgIpc) is 3.20. The lowest BCUT2D eigenvalue weighted by atomic mass is 10.4. The molecule has 100 valence electrons. The van der Waals surface area contributed by atoms with Gasteiger partial charge in [0.05, 0.1) is 6.61 Å². The van der Waals surface area contributed by atoms with Crippen LogP contribution >= 0.6 is 0 Å². The molecule has 0 unspecified atom stereocenters.